The quantitative estimate of drug-likeness (QED) is 0.438. The first-order valence-corrected chi connectivity index (χ1v) is 7.59. The molecule has 0 saturated carbocycles. The highest BCUT2D eigenvalue weighted by molar-refractivity contribution is 9.10. The van der Waals surface area contributed by atoms with E-state index in [2.05, 4.69) is 24.8 Å². The van der Waals surface area contributed by atoms with Gasteiger partial charge in [-0.05, 0) is 17.7 Å². The Labute approximate surface area is 127 Å². The molecule has 0 saturated heterocycles. The smallest absolute Gasteiger partial charge is 0.467 e. The second kappa shape index (κ2) is 6.75. The van der Waals surface area contributed by atoms with Crippen molar-refractivity contribution < 1.29 is 35.3 Å². The maximum absolute atomic E-state index is 12.3. The lowest BCUT2D eigenvalue weighted by molar-refractivity contribution is -0.149. The van der Waals surface area contributed by atoms with E-state index in [1.54, 1.807) is 12.1 Å². The summed E-state index contributed by atoms with van der Waals surface area (Å²) in [4.78, 5) is 11.4. The Kier molecular flexibility index (Phi) is 5.76. The van der Waals surface area contributed by atoms with E-state index in [1.165, 1.54) is 12.1 Å². The van der Waals surface area contributed by atoms with Gasteiger partial charge in [0.05, 0.1) is 7.11 Å². The summed E-state index contributed by atoms with van der Waals surface area (Å²) in [6.07, 6.45) is -2.29. The number of rotatable bonds is 5. The van der Waals surface area contributed by atoms with Gasteiger partial charge in [-0.2, -0.15) is 21.6 Å². The highest BCUT2D eigenvalue weighted by atomic mass is 79.9. The lowest BCUT2D eigenvalue weighted by atomic mass is 10.1. The Hall–Kier alpha value is -1.13. The van der Waals surface area contributed by atoms with Gasteiger partial charge in [0.25, 0.3) is 0 Å². The SMILES string of the molecule is COC(=O)C(Cc1ccc(Br)cc1)OS(=O)(=O)C(F)(F)F. The topological polar surface area (TPSA) is 69.7 Å². The maximum atomic E-state index is 12.3. The van der Waals surface area contributed by atoms with E-state index in [4.69, 9.17) is 0 Å². The number of carbonyl (C=O) groups excluding carboxylic acids is 1. The van der Waals surface area contributed by atoms with Crippen molar-refractivity contribution in [1.29, 1.82) is 0 Å². The number of hydrogen-bond acceptors (Lipinski definition) is 5. The number of halogens is 4. The zero-order valence-electron chi connectivity index (χ0n) is 10.6. The Morgan fingerprint density at radius 2 is 1.81 bits per heavy atom. The minimum atomic E-state index is -5.89. The normalized spacial score (nSPS) is 13.8. The second-order valence-electron chi connectivity index (χ2n) is 3.84. The predicted octanol–water partition coefficient (Wildman–Crippen LogP) is 2.40. The fraction of sp³-hybridized carbons (Fsp3) is 0.364. The molecule has 0 bridgehead atoms. The molecule has 21 heavy (non-hydrogen) atoms. The molecule has 1 atom stereocenters. The number of alkyl halides is 3. The zero-order chi connectivity index (χ0) is 16.3. The molecule has 118 valence electrons. The molecular formula is C11H10BrF3O5S. The first-order valence-electron chi connectivity index (χ1n) is 5.38. The minimum Gasteiger partial charge on any atom is -0.467 e. The van der Waals surface area contributed by atoms with Gasteiger partial charge >= 0.3 is 21.6 Å². The number of methoxy groups -OCH3 is 1. The Morgan fingerprint density at radius 1 is 1.29 bits per heavy atom. The molecule has 0 aromatic heterocycles. The van der Waals surface area contributed by atoms with Crippen molar-refractivity contribution in [1.82, 2.24) is 0 Å². The molecule has 1 rings (SSSR count). The van der Waals surface area contributed by atoms with Crippen LogP contribution in [0, 0.1) is 0 Å². The highest BCUT2D eigenvalue weighted by Crippen LogP contribution is 2.26. The maximum Gasteiger partial charge on any atom is 0.523 e. The summed E-state index contributed by atoms with van der Waals surface area (Å²) in [7, 11) is -4.97. The molecule has 0 radical (unpaired) electrons. The average Bonchev–Trinajstić information content (AvgIpc) is 2.38. The van der Waals surface area contributed by atoms with Crippen molar-refractivity contribution >= 4 is 32.0 Å². The fourth-order valence-corrected chi connectivity index (χ4v) is 2.16. The van der Waals surface area contributed by atoms with Crippen LogP contribution >= 0.6 is 15.9 Å². The highest BCUT2D eigenvalue weighted by Gasteiger charge is 2.49. The number of carbonyl (C=O) groups is 1. The van der Waals surface area contributed by atoms with Gasteiger partial charge < -0.3 is 4.74 Å². The van der Waals surface area contributed by atoms with Crippen LogP contribution < -0.4 is 0 Å². The molecule has 0 spiro atoms. The van der Waals surface area contributed by atoms with Crippen molar-refractivity contribution in [2.75, 3.05) is 7.11 Å². The summed E-state index contributed by atoms with van der Waals surface area (Å²) in [6, 6.07) is 6.18. The van der Waals surface area contributed by atoms with Crippen molar-refractivity contribution in [2.45, 2.75) is 18.0 Å². The molecule has 1 unspecified atom stereocenters. The van der Waals surface area contributed by atoms with Crippen LogP contribution in [0.3, 0.4) is 0 Å². The molecule has 5 nitrogen and oxygen atoms in total. The molecule has 0 heterocycles. The van der Waals surface area contributed by atoms with Gasteiger partial charge in [-0.3, -0.25) is 0 Å². The van der Waals surface area contributed by atoms with Crippen LogP contribution in [0.1, 0.15) is 5.56 Å². The van der Waals surface area contributed by atoms with Gasteiger partial charge in [0, 0.05) is 10.9 Å². The second-order valence-corrected chi connectivity index (χ2v) is 6.32. The van der Waals surface area contributed by atoms with Gasteiger partial charge in [-0.1, -0.05) is 28.1 Å². The first-order chi connectivity index (χ1) is 9.56. The number of esters is 1. The van der Waals surface area contributed by atoms with Crippen LogP contribution in [-0.4, -0.2) is 33.1 Å². The third kappa shape index (κ3) is 4.97. The molecule has 10 heteroatoms. The summed E-state index contributed by atoms with van der Waals surface area (Å²) >= 11 is 3.16. The minimum absolute atomic E-state index is 0.380. The standard InChI is InChI=1S/C11H10BrF3O5S/c1-19-10(16)9(20-21(17,18)11(13,14)15)6-7-2-4-8(12)5-3-7/h2-5,9H,6H2,1H3. The van der Waals surface area contributed by atoms with Crippen LogP contribution in [-0.2, 0) is 30.3 Å². The van der Waals surface area contributed by atoms with Crippen LogP contribution in [0.4, 0.5) is 13.2 Å². The lowest BCUT2D eigenvalue weighted by Crippen LogP contribution is -2.36. The van der Waals surface area contributed by atoms with E-state index in [0.717, 1.165) is 7.11 Å². The lowest BCUT2D eigenvalue weighted by Gasteiger charge is -2.16. The third-order valence-corrected chi connectivity index (χ3v) is 3.91. The molecule has 0 amide bonds. The summed E-state index contributed by atoms with van der Waals surface area (Å²) in [5.74, 6) is -1.22. The van der Waals surface area contributed by atoms with E-state index in [9.17, 15) is 26.4 Å². The van der Waals surface area contributed by atoms with Crippen LogP contribution in [0.15, 0.2) is 28.7 Å². The largest absolute Gasteiger partial charge is 0.523 e. The molecule has 0 fully saturated rings. The van der Waals surface area contributed by atoms with Crippen LogP contribution in [0.25, 0.3) is 0 Å². The number of benzene rings is 1. The van der Waals surface area contributed by atoms with E-state index in [1.807, 2.05) is 0 Å². The molecular weight excluding hydrogens is 381 g/mol. The number of ether oxygens (including phenoxy) is 1. The van der Waals surface area contributed by atoms with E-state index in [0.29, 0.717) is 10.0 Å². The monoisotopic (exact) mass is 390 g/mol. The average molecular weight is 391 g/mol. The van der Waals surface area contributed by atoms with Crippen LogP contribution in [0.5, 0.6) is 0 Å². The summed E-state index contributed by atoms with van der Waals surface area (Å²) in [5.41, 5.74) is -5.20. The molecule has 0 N–H and O–H groups in total. The van der Waals surface area contributed by atoms with Crippen molar-refractivity contribution in [2.24, 2.45) is 0 Å². The van der Waals surface area contributed by atoms with Crippen molar-refractivity contribution in [3.8, 4) is 0 Å². The first kappa shape index (κ1) is 17.9. The molecule has 0 aliphatic rings. The Bertz CT molecular complexity index is 597. The Morgan fingerprint density at radius 3 is 2.24 bits per heavy atom. The van der Waals surface area contributed by atoms with Gasteiger partial charge in [0.1, 0.15) is 0 Å². The van der Waals surface area contributed by atoms with Crippen molar-refractivity contribution in [3.63, 3.8) is 0 Å². The molecule has 0 aliphatic carbocycles. The summed E-state index contributed by atoms with van der Waals surface area (Å²) in [5, 5.41) is 0. The third-order valence-electron chi connectivity index (χ3n) is 2.32. The number of hydrogen-bond donors (Lipinski definition) is 0. The zero-order valence-corrected chi connectivity index (χ0v) is 13.0. The van der Waals surface area contributed by atoms with Crippen LogP contribution in [0.2, 0.25) is 0 Å². The van der Waals surface area contributed by atoms with Crippen molar-refractivity contribution in [3.05, 3.63) is 34.3 Å². The Balaban J connectivity index is 2.97. The van der Waals surface area contributed by atoms with Gasteiger partial charge in [0.2, 0.25) is 0 Å². The molecule has 1 aromatic rings. The van der Waals surface area contributed by atoms with E-state index < -0.39 is 27.7 Å². The molecule has 0 aliphatic heterocycles. The van der Waals surface area contributed by atoms with E-state index in [-0.39, 0.29) is 6.42 Å². The van der Waals surface area contributed by atoms with E-state index >= 15 is 0 Å². The predicted molar refractivity (Wildman–Crippen MR) is 69.7 cm³/mol. The van der Waals surface area contributed by atoms with Gasteiger partial charge in [0.15, 0.2) is 6.10 Å². The fourth-order valence-electron chi connectivity index (χ4n) is 1.33. The van der Waals surface area contributed by atoms with Gasteiger partial charge in [-0.25, -0.2) is 8.98 Å². The summed E-state index contributed by atoms with van der Waals surface area (Å²) < 4.78 is 67.7. The molecule has 1 aromatic carbocycles. The van der Waals surface area contributed by atoms with Gasteiger partial charge in [-0.15, -0.1) is 0 Å². The summed E-state index contributed by atoms with van der Waals surface area (Å²) in [6.45, 7) is 0.